The van der Waals surface area contributed by atoms with E-state index in [1.807, 2.05) is 6.92 Å². The summed E-state index contributed by atoms with van der Waals surface area (Å²) < 4.78 is 25.9. The number of hydrogen-bond donors (Lipinski definition) is 4. The van der Waals surface area contributed by atoms with Gasteiger partial charge < -0.3 is 26.2 Å². The van der Waals surface area contributed by atoms with E-state index in [0.717, 1.165) is 64.2 Å². The Bertz CT molecular complexity index is 1540. The number of Topliss-reactive ketones (excluding diaryl/α,β-unsaturated/α-hetero) is 1. The van der Waals surface area contributed by atoms with E-state index in [-0.39, 0.29) is 40.7 Å². The van der Waals surface area contributed by atoms with E-state index in [9.17, 15) is 32.4 Å². The lowest BCUT2D eigenvalue weighted by Gasteiger charge is -2.41. The van der Waals surface area contributed by atoms with Gasteiger partial charge in [-0.1, -0.05) is 65.7 Å². The van der Waals surface area contributed by atoms with Gasteiger partial charge in [0.15, 0.2) is 9.84 Å². The van der Waals surface area contributed by atoms with Crippen molar-refractivity contribution in [3.63, 3.8) is 0 Å². The SMILES string of the molecule is CC[C@@H]1C[C@@]1(NC(=O)[C@@H]1[C@@H]2[C@H](CN1C(=O)[C@@H](NC(=O)NC1(CS(=O)(=O)C(C)(C)C)CCCCC1)C1CCCCC1)C2(C)C)C(=O)C(=O)NCC1CC1. The Hall–Kier alpha value is -2.70. The van der Waals surface area contributed by atoms with Gasteiger partial charge >= 0.3 is 6.03 Å². The van der Waals surface area contributed by atoms with Crippen molar-refractivity contribution in [3.8, 4) is 0 Å². The van der Waals surface area contributed by atoms with Crippen molar-refractivity contribution in [2.75, 3.05) is 18.8 Å². The third kappa shape index (κ3) is 7.63. The minimum absolute atomic E-state index is 0.0933. The molecule has 12 nitrogen and oxygen atoms in total. The highest BCUT2D eigenvalue weighted by Crippen LogP contribution is 2.65. The summed E-state index contributed by atoms with van der Waals surface area (Å²) in [7, 11) is -3.55. The van der Waals surface area contributed by atoms with Crippen LogP contribution in [0, 0.1) is 35.0 Å². The Labute approximate surface area is 310 Å². The lowest BCUT2D eigenvalue weighted by atomic mass is 9.82. The molecule has 6 fully saturated rings. The largest absolute Gasteiger partial charge is 0.349 e. The van der Waals surface area contributed by atoms with E-state index in [1.54, 1.807) is 25.7 Å². The quantitative estimate of drug-likeness (QED) is 0.207. The summed E-state index contributed by atoms with van der Waals surface area (Å²) in [5, 5.41) is 11.9. The van der Waals surface area contributed by atoms with Crippen LogP contribution in [-0.4, -0.2) is 89.6 Å². The molecule has 0 aromatic carbocycles. The van der Waals surface area contributed by atoms with Gasteiger partial charge in [0.1, 0.15) is 17.6 Å². The molecule has 5 amide bonds. The van der Waals surface area contributed by atoms with Gasteiger partial charge in [0.2, 0.25) is 17.6 Å². The maximum atomic E-state index is 14.8. The van der Waals surface area contributed by atoms with Crippen LogP contribution < -0.4 is 21.3 Å². The first kappa shape index (κ1) is 39.0. The molecule has 292 valence electrons. The number of ketones is 1. The summed E-state index contributed by atoms with van der Waals surface area (Å²) in [6.07, 6.45) is 11.2. The van der Waals surface area contributed by atoms with Crippen LogP contribution >= 0.6 is 0 Å². The lowest BCUT2D eigenvalue weighted by molar-refractivity contribution is -0.145. The summed E-state index contributed by atoms with van der Waals surface area (Å²) in [6.45, 7) is 12.0. The van der Waals surface area contributed by atoms with Crippen molar-refractivity contribution in [3.05, 3.63) is 0 Å². The molecule has 0 aromatic rings. The molecular weight excluding hydrogens is 683 g/mol. The monoisotopic (exact) mass is 745 g/mol. The summed E-state index contributed by atoms with van der Waals surface area (Å²) in [4.78, 5) is 71.3. The van der Waals surface area contributed by atoms with Crippen molar-refractivity contribution in [1.82, 2.24) is 26.2 Å². The normalized spacial score (nSPS) is 31.5. The fourth-order valence-electron chi connectivity index (χ4n) is 9.82. The molecule has 13 heteroatoms. The minimum atomic E-state index is -3.55. The van der Waals surface area contributed by atoms with Crippen molar-refractivity contribution < 1.29 is 32.4 Å². The van der Waals surface area contributed by atoms with Crippen LogP contribution in [0.2, 0.25) is 0 Å². The molecule has 1 heterocycles. The fourth-order valence-corrected chi connectivity index (χ4v) is 11.3. The number of carbonyl (C=O) groups is 5. The number of nitrogens with one attached hydrogen (secondary N) is 4. The van der Waals surface area contributed by atoms with Crippen LogP contribution in [0.15, 0.2) is 0 Å². The summed E-state index contributed by atoms with van der Waals surface area (Å²) in [5.41, 5.74) is -2.38. The number of fused-ring (bicyclic) bond motifs is 1. The Morgan fingerprint density at radius 3 is 2.10 bits per heavy atom. The van der Waals surface area contributed by atoms with Gasteiger partial charge in [-0.3, -0.25) is 19.2 Å². The number of piperidine rings is 1. The summed E-state index contributed by atoms with van der Waals surface area (Å²) in [5.74, 6) is -2.05. The van der Waals surface area contributed by atoms with Crippen LogP contribution in [0.4, 0.5) is 4.79 Å². The number of urea groups is 1. The van der Waals surface area contributed by atoms with Crippen LogP contribution in [0.3, 0.4) is 0 Å². The molecule has 6 atom stereocenters. The smallest absolute Gasteiger partial charge is 0.315 e. The number of sulfone groups is 1. The van der Waals surface area contributed by atoms with Crippen molar-refractivity contribution in [2.45, 2.75) is 159 Å². The van der Waals surface area contributed by atoms with Gasteiger partial charge in [0, 0.05) is 13.1 Å². The molecule has 4 N–H and O–H groups in total. The Morgan fingerprint density at radius 2 is 1.52 bits per heavy atom. The highest BCUT2D eigenvalue weighted by atomic mass is 32.2. The predicted molar refractivity (Wildman–Crippen MR) is 198 cm³/mol. The standard InChI is InChI=1S/C39H63N5O7S/c1-7-26-20-39(26,31(45)33(47)40-21-24-16-17-24)42-32(46)30-28-27(37(28,5)6)22-44(30)34(48)29(25-14-10-8-11-15-25)41-35(49)43-38(18-12-9-13-19-38)23-52(50,51)36(2,3)4/h24-30H,7-23H2,1-6H3,(H,40,47)(H,42,46)(H2,41,43,49)/t26-,27+,28+,29+,30+,39+/m1/s1. The maximum Gasteiger partial charge on any atom is 0.315 e. The summed E-state index contributed by atoms with van der Waals surface area (Å²) >= 11 is 0. The molecule has 5 aliphatic carbocycles. The minimum Gasteiger partial charge on any atom is -0.349 e. The van der Waals surface area contributed by atoms with Crippen molar-refractivity contribution in [1.29, 1.82) is 0 Å². The number of rotatable bonds is 13. The first-order valence-corrected chi connectivity index (χ1v) is 21.8. The average molecular weight is 746 g/mol. The second-order valence-electron chi connectivity index (χ2n) is 18.8. The van der Waals surface area contributed by atoms with E-state index in [4.69, 9.17) is 0 Å². The molecule has 0 spiro atoms. The lowest BCUT2D eigenvalue weighted by Crippen LogP contribution is -2.63. The van der Waals surface area contributed by atoms with Gasteiger partial charge in [-0.15, -0.1) is 0 Å². The van der Waals surface area contributed by atoms with Gasteiger partial charge in [-0.05, 0) is 101 Å². The Balaban J connectivity index is 1.22. The molecular formula is C39H63N5O7S. The zero-order chi connectivity index (χ0) is 37.9. The third-order valence-electron chi connectivity index (χ3n) is 13.8. The molecule has 1 saturated heterocycles. The molecule has 0 unspecified atom stereocenters. The Kier molecular flexibility index (Phi) is 10.6. The van der Waals surface area contributed by atoms with E-state index >= 15 is 0 Å². The molecule has 0 bridgehead atoms. The summed E-state index contributed by atoms with van der Waals surface area (Å²) in [6, 6.07) is -2.27. The highest BCUT2D eigenvalue weighted by molar-refractivity contribution is 7.92. The van der Waals surface area contributed by atoms with E-state index < -0.39 is 61.4 Å². The number of nitrogens with zero attached hydrogens (tertiary/aromatic N) is 1. The van der Waals surface area contributed by atoms with Gasteiger partial charge in [0.05, 0.1) is 16.0 Å². The van der Waals surface area contributed by atoms with Gasteiger partial charge in [-0.25, -0.2) is 13.2 Å². The molecule has 0 aromatic heterocycles. The van der Waals surface area contributed by atoms with Crippen LogP contribution in [0.5, 0.6) is 0 Å². The second kappa shape index (κ2) is 14.2. The first-order chi connectivity index (χ1) is 24.4. The zero-order valence-electron chi connectivity index (χ0n) is 32.3. The molecule has 6 rings (SSSR count). The Morgan fingerprint density at radius 1 is 0.885 bits per heavy atom. The van der Waals surface area contributed by atoms with Crippen molar-refractivity contribution >= 4 is 39.4 Å². The molecule has 1 aliphatic heterocycles. The number of likely N-dealkylation sites (tertiary alicyclic amines) is 1. The van der Waals surface area contributed by atoms with Crippen LogP contribution in [-0.2, 0) is 29.0 Å². The van der Waals surface area contributed by atoms with E-state index in [1.165, 1.54) is 0 Å². The highest BCUT2D eigenvalue weighted by Gasteiger charge is 2.71. The first-order valence-electron chi connectivity index (χ1n) is 20.1. The number of hydrogen-bond acceptors (Lipinski definition) is 7. The predicted octanol–water partition coefficient (Wildman–Crippen LogP) is 4.01. The third-order valence-corrected chi connectivity index (χ3v) is 16.6. The number of amides is 5. The molecule has 0 radical (unpaired) electrons. The second-order valence-corrected chi connectivity index (χ2v) is 21.6. The van der Waals surface area contributed by atoms with Crippen molar-refractivity contribution in [2.24, 2.45) is 35.0 Å². The molecule has 5 saturated carbocycles. The maximum absolute atomic E-state index is 14.8. The zero-order valence-corrected chi connectivity index (χ0v) is 33.1. The van der Waals surface area contributed by atoms with E-state index in [2.05, 4.69) is 35.1 Å². The van der Waals surface area contributed by atoms with Crippen LogP contribution in [0.25, 0.3) is 0 Å². The fraction of sp³-hybridized carbons (Fsp3) is 0.872. The number of carbonyl (C=O) groups excluding carboxylic acids is 5. The van der Waals surface area contributed by atoms with E-state index in [0.29, 0.717) is 44.7 Å². The topological polar surface area (TPSA) is 171 Å². The molecule has 6 aliphatic rings. The molecule has 52 heavy (non-hydrogen) atoms. The van der Waals surface area contributed by atoms with Gasteiger partial charge in [-0.2, -0.15) is 0 Å². The van der Waals surface area contributed by atoms with Gasteiger partial charge in [0.25, 0.3) is 5.91 Å². The van der Waals surface area contributed by atoms with Crippen LogP contribution in [0.1, 0.15) is 131 Å². The average Bonchev–Trinajstić information content (AvgIpc) is 4.04.